The molecule has 0 aliphatic carbocycles. The molecule has 1 rings (SSSR count). The van der Waals surface area contributed by atoms with Crippen molar-refractivity contribution in [3.63, 3.8) is 0 Å². The number of hydrogen-bond acceptors (Lipinski definition) is 2. The first-order valence-corrected chi connectivity index (χ1v) is 7.65. The van der Waals surface area contributed by atoms with Crippen LogP contribution in [0.3, 0.4) is 0 Å². The average molecular weight is 276 g/mol. The van der Waals surface area contributed by atoms with Crippen molar-refractivity contribution >= 4 is 5.91 Å². The third kappa shape index (κ3) is 5.33. The van der Waals surface area contributed by atoms with Crippen LogP contribution in [0.15, 0.2) is 24.3 Å². The van der Waals surface area contributed by atoms with Gasteiger partial charge in [-0.3, -0.25) is 10.1 Å². The normalized spacial score (nSPS) is 13.8. The second-order valence-corrected chi connectivity index (χ2v) is 5.46. The maximum atomic E-state index is 12.0. The van der Waals surface area contributed by atoms with Gasteiger partial charge in [-0.05, 0) is 38.3 Å². The zero-order valence-electron chi connectivity index (χ0n) is 13.2. The highest BCUT2D eigenvalue weighted by molar-refractivity contribution is 5.81. The van der Waals surface area contributed by atoms with Gasteiger partial charge >= 0.3 is 0 Å². The molecule has 0 fully saturated rings. The topological polar surface area (TPSA) is 41.1 Å². The van der Waals surface area contributed by atoms with E-state index in [9.17, 15) is 4.79 Å². The molecule has 0 saturated carbocycles. The molecule has 0 heterocycles. The number of nitrogens with one attached hydrogen (secondary N) is 2. The Bertz CT molecular complexity index is 417. The van der Waals surface area contributed by atoms with E-state index < -0.39 is 0 Å². The summed E-state index contributed by atoms with van der Waals surface area (Å²) in [7, 11) is 0. The number of carbonyl (C=O) groups excluding carboxylic acids is 1. The summed E-state index contributed by atoms with van der Waals surface area (Å²) in [5.74, 6) is 0.0848. The molecule has 0 aliphatic heterocycles. The van der Waals surface area contributed by atoms with Crippen molar-refractivity contribution < 1.29 is 4.79 Å². The fourth-order valence-corrected chi connectivity index (χ4v) is 2.35. The molecule has 112 valence electrons. The highest BCUT2D eigenvalue weighted by Gasteiger charge is 2.16. The largest absolute Gasteiger partial charge is 0.355 e. The van der Waals surface area contributed by atoms with Crippen LogP contribution in [0.5, 0.6) is 0 Å². The van der Waals surface area contributed by atoms with Gasteiger partial charge in [0.2, 0.25) is 5.91 Å². The molecule has 1 aromatic rings. The lowest BCUT2D eigenvalue weighted by Crippen LogP contribution is -2.43. The number of aryl methyl sites for hydroxylation is 1. The molecule has 0 aliphatic rings. The molecule has 0 saturated heterocycles. The van der Waals surface area contributed by atoms with Crippen molar-refractivity contribution in [2.24, 2.45) is 0 Å². The lowest BCUT2D eigenvalue weighted by molar-refractivity contribution is -0.122. The summed E-state index contributed by atoms with van der Waals surface area (Å²) in [6.45, 7) is 9.06. The average Bonchev–Trinajstić information content (AvgIpc) is 2.43. The van der Waals surface area contributed by atoms with Gasteiger partial charge in [0.05, 0.1) is 6.04 Å². The SMILES string of the molecule is CCCCCNC(=O)C(C)NC(C)c1ccccc1C. The summed E-state index contributed by atoms with van der Waals surface area (Å²) < 4.78 is 0. The van der Waals surface area contributed by atoms with Gasteiger partial charge in [0, 0.05) is 12.6 Å². The summed E-state index contributed by atoms with van der Waals surface area (Å²) >= 11 is 0. The molecule has 1 aromatic carbocycles. The van der Waals surface area contributed by atoms with Crippen LogP contribution in [0.2, 0.25) is 0 Å². The fourth-order valence-electron chi connectivity index (χ4n) is 2.35. The van der Waals surface area contributed by atoms with E-state index in [1.54, 1.807) is 0 Å². The monoisotopic (exact) mass is 276 g/mol. The van der Waals surface area contributed by atoms with Crippen molar-refractivity contribution in [1.82, 2.24) is 10.6 Å². The minimum atomic E-state index is -0.175. The number of unbranched alkanes of at least 4 members (excludes halogenated alkanes) is 2. The molecule has 0 aromatic heterocycles. The molecule has 0 bridgehead atoms. The quantitative estimate of drug-likeness (QED) is 0.715. The Labute approximate surface area is 123 Å². The fraction of sp³-hybridized carbons (Fsp3) is 0.588. The summed E-state index contributed by atoms with van der Waals surface area (Å²) in [4.78, 5) is 12.0. The molecular formula is C17H28N2O. The number of amides is 1. The van der Waals surface area contributed by atoms with Crippen LogP contribution in [0.25, 0.3) is 0 Å². The Balaban J connectivity index is 2.43. The van der Waals surface area contributed by atoms with Crippen LogP contribution < -0.4 is 10.6 Å². The van der Waals surface area contributed by atoms with Crippen LogP contribution in [0.4, 0.5) is 0 Å². The molecule has 0 spiro atoms. The van der Waals surface area contributed by atoms with Crippen LogP contribution in [-0.4, -0.2) is 18.5 Å². The molecule has 2 N–H and O–H groups in total. The minimum absolute atomic E-state index is 0.0848. The van der Waals surface area contributed by atoms with E-state index in [1.165, 1.54) is 24.0 Å². The standard InChI is InChI=1S/C17H28N2O/c1-5-6-9-12-18-17(20)15(4)19-14(3)16-11-8-7-10-13(16)2/h7-8,10-11,14-15,19H,5-6,9,12H2,1-4H3,(H,18,20). The third-order valence-corrected chi connectivity index (χ3v) is 3.63. The van der Waals surface area contributed by atoms with Crippen molar-refractivity contribution in [2.75, 3.05) is 6.54 Å². The third-order valence-electron chi connectivity index (χ3n) is 3.63. The van der Waals surface area contributed by atoms with Gasteiger partial charge in [-0.2, -0.15) is 0 Å². The molecule has 3 heteroatoms. The van der Waals surface area contributed by atoms with Gasteiger partial charge in [0.25, 0.3) is 0 Å². The Kier molecular flexibility index (Phi) is 7.31. The number of carbonyl (C=O) groups is 1. The van der Waals surface area contributed by atoms with Gasteiger partial charge in [-0.15, -0.1) is 0 Å². The van der Waals surface area contributed by atoms with Crippen molar-refractivity contribution in [3.05, 3.63) is 35.4 Å². The van der Waals surface area contributed by atoms with E-state index in [-0.39, 0.29) is 18.0 Å². The molecule has 1 amide bonds. The zero-order chi connectivity index (χ0) is 15.0. The van der Waals surface area contributed by atoms with Crippen LogP contribution >= 0.6 is 0 Å². The maximum absolute atomic E-state index is 12.0. The van der Waals surface area contributed by atoms with Gasteiger partial charge < -0.3 is 5.32 Å². The van der Waals surface area contributed by atoms with E-state index in [1.807, 2.05) is 19.1 Å². The van der Waals surface area contributed by atoms with Gasteiger partial charge in [-0.25, -0.2) is 0 Å². The molecule has 3 nitrogen and oxygen atoms in total. The smallest absolute Gasteiger partial charge is 0.236 e. The Morgan fingerprint density at radius 2 is 1.90 bits per heavy atom. The summed E-state index contributed by atoms with van der Waals surface area (Å²) in [6.07, 6.45) is 3.40. The highest BCUT2D eigenvalue weighted by atomic mass is 16.2. The number of benzene rings is 1. The van der Waals surface area contributed by atoms with Crippen molar-refractivity contribution in [3.8, 4) is 0 Å². The van der Waals surface area contributed by atoms with E-state index in [4.69, 9.17) is 0 Å². The first-order valence-electron chi connectivity index (χ1n) is 7.65. The van der Waals surface area contributed by atoms with Crippen molar-refractivity contribution in [2.45, 2.75) is 59.0 Å². The first kappa shape index (κ1) is 16.7. The minimum Gasteiger partial charge on any atom is -0.355 e. The van der Waals surface area contributed by atoms with Gasteiger partial charge in [0.15, 0.2) is 0 Å². The van der Waals surface area contributed by atoms with Crippen molar-refractivity contribution in [1.29, 1.82) is 0 Å². The Morgan fingerprint density at radius 3 is 2.55 bits per heavy atom. The predicted octanol–water partition coefficient (Wildman–Crippen LogP) is 3.34. The number of hydrogen-bond donors (Lipinski definition) is 2. The Hall–Kier alpha value is -1.35. The Morgan fingerprint density at radius 1 is 1.20 bits per heavy atom. The van der Waals surface area contributed by atoms with Crippen LogP contribution in [0.1, 0.15) is 57.2 Å². The van der Waals surface area contributed by atoms with E-state index in [0.29, 0.717) is 0 Å². The summed E-state index contributed by atoms with van der Waals surface area (Å²) in [5, 5.41) is 6.35. The predicted molar refractivity (Wildman–Crippen MR) is 84.7 cm³/mol. The lowest BCUT2D eigenvalue weighted by Gasteiger charge is -2.21. The molecule has 0 radical (unpaired) electrons. The molecular weight excluding hydrogens is 248 g/mol. The van der Waals surface area contributed by atoms with E-state index >= 15 is 0 Å². The van der Waals surface area contributed by atoms with Crippen LogP contribution in [-0.2, 0) is 4.79 Å². The van der Waals surface area contributed by atoms with E-state index in [2.05, 4.69) is 43.5 Å². The van der Waals surface area contributed by atoms with Gasteiger partial charge in [0.1, 0.15) is 0 Å². The second-order valence-electron chi connectivity index (χ2n) is 5.46. The van der Waals surface area contributed by atoms with Crippen LogP contribution in [0, 0.1) is 6.92 Å². The summed E-state index contributed by atoms with van der Waals surface area (Å²) in [5.41, 5.74) is 2.50. The maximum Gasteiger partial charge on any atom is 0.236 e. The summed E-state index contributed by atoms with van der Waals surface area (Å²) in [6, 6.07) is 8.28. The second kappa shape index (κ2) is 8.75. The first-order chi connectivity index (χ1) is 9.56. The van der Waals surface area contributed by atoms with Gasteiger partial charge in [-0.1, -0.05) is 44.0 Å². The lowest BCUT2D eigenvalue weighted by atomic mass is 10.0. The zero-order valence-corrected chi connectivity index (χ0v) is 13.2. The highest BCUT2D eigenvalue weighted by Crippen LogP contribution is 2.17. The molecule has 2 unspecified atom stereocenters. The molecule has 20 heavy (non-hydrogen) atoms. The van der Waals surface area contributed by atoms with E-state index in [0.717, 1.165) is 13.0 Å². The molecule has 2 atom stereocenters. The number of rotatable bonds is 8.